The third-order valence-corrected chi connectivity index (χ3v) is 6.48. The van der Waals surface area contributed by atoms with Crippen molar-refractivity contribution in [3.63, 3.8) is 0 Å². The Morgan fingerprint density at radius 1 is 1.29 bits per heavy atom. The van der Waals surface area contributed by atoms with Crippen molar-refractivity contribution in [1.29, 1.82) is 0 Å². The van der Waals surface area contributed by atoms with Crippen LogP contribution in [0.4, 0.5) is 0 Å². The van der Waals surface area contributed by atoms with Crippen molar-refractivity contribution in [3.8, 4) is 0 Å². The predicted molar refractivity (Wildman–Crippen MR) is 79.0 cm³/mol. The lowest BCUT2D eigenvalue weighted by Crippen LogP contribution is -2.41. The lowest BCUT2D eigenvalue weighted by atomic mass is 10.2. The average molecular weight is 333 g/mol. The second kappa shape index (κ2) is 6.39. The Labute approximate surface area is 125 Å². The topological polar surface area (TPSA) is 105 Å². The summed E-state index contributed by atoms with van der Waals surface area (Å²) in [5, 5.41) is 2.91. The maximum Gasteiger partial charge on any atom is 0.258 e. The molecule has 1 aliphatic rings. The van der Waals surface area contributed by atoms with Crippen LogP contribution in [0, 0.1) is 0 Å². The molecule has 21 heavy (non-hydrogen) atoms. The molecule has 9 heteroatoms. The molecule has 1 aliphatic heterocycles. The van der Waals surface area contributed by atoms with Gasteiger partial charge in [-0.25, -0.2) is 26.5 Å². The van der Waals surface area contributed by atoms with Crippen LogP contribution in [0.15, 0.2) is 23.4 Å². The molecule has 1 aromatic heterocycles. The number of pyridine rings is 1. The summed E-state index contributed by atoms with van der Waals surface area (Å²) in [4.78, 5) is 3.95. The lowest BCUT2D eigenvalue weighted by molar-refractivity contribution is 0.504. The highest BCUT2D eigenvalue weighted by atomic mass is 32.2. The van der Waals surface area contributed by atoms with Crippen molar-refractivity contribution < 1.29 is 16.8 Å². The lowest BCUT2D eigenvalue weighted by Gasteiger charge is -2.22. The third-order valence-electron chi connectivity index (χ3n) is 3.33. The summed E-state index contributed by atoms with van der Waals surface area (Å²) in [6.07, 6.45) is 2.12. The van der Waals surface area contributed by atoms with E-state index in [-0.39, 0.29) is 22.6 Å². The van der Waals surface area contributed by atoms with Crippen LogP contribution < -0.4 is 10.0 Å². The first-order valence-corrected chi connectivity index (χ1v) is 9.95. The summed E-state index contributed by atoms with van der Waals surface area (Å²) in [6.45, 7) is 0.612. The minimum atomic E-state index is -3.71. The summed E-state index contributed by atoms with van der Waals surface area (Å²) in [6, 6.07) is 2.80. The quantitative estimate of drug-likeness (QED) is 0.763. The molecular weight excluding hydrogens is 314 g/mol. The summed E-state index contributed by atoms with van der Waals surface area (Å²) in [7, 11) is -4.92. The standard InChI is InChI=1S/C12H19N3O4S2/c1-13-8-10-2-3-12(14-9-10)21(18,19)15-11-4-6-20(16,17)7-5-11/h2-3,9,11,13,15H,4-8H2,1H3. The van der Waals surface area contributed by atoms with Gasteiger partial charge in [0, 0.05) is 18.8 Å². The molecular formula is C12H19N3O4S2. The first-order valence-electron chi connectivity index (χ1n) is 6.65. The normalized spacial score (nSPS) is 19.5. The third kappa shape index (κ3) is 4.47. The van der Waals surface area contributed by atoms with Crippen molar-refractivity contribution >= 4 is 19.9 Å². The van der Waals surface area contributed by atoms with Crippen LogP contribution in [0.3, 0.4) is 0 Å². The number of hydrogen-bond donors (Lipinski definition) is 2. The molecule has 2 rings (SSSR count). The molecule has 2 N–H and O–H groups in total. The Hall–Kier alpha value is -1.03. The van der Waals surface area contributed by atoms with Gasteiger partial charge in [-0.05, 0) is 31.5 Å². The van der Waals surface area contributed by atoms with E-state index in [2.05, 4.69) is 15.0 Å². The second-order valence-electron chi connectivity index (χ2n) is 5.08. The number of rotatable bonds is 5. The highest BCUT2D eigenvalue weighted by Crippen LogP contribution is 2.15. The fourth-order valence-corrected chi connectivity index (χ4v) is 4.89. The molecule has 0 bridgehead atoms. The van der Waals surface area contributed by atoms with Crippen LogP contribution >= 0.6 is 0 Å². The van der Waals surface area contributed by atoms with Crippen molar-refractivity contribution in [2.75, 3.05) is 18.6 Å². The first-order chi connectivity index (χ1) is 9.82. The first kappa shape index (κ1) is 16.3. The number of sulfone groups is 1. The van der Waals surface area contributed by atoms with Crippen molar-refractivity contribution in [2.24, 2.45) is 0 Å². The summed E-state index contributed by atoms with van der Waals surface area (Å²) >= 11 is 0. The van der Waals surface area contributed by atoms with Crippen molar-refractivity contribution in [2.45, 2.75) is 30.5 Å². The van der Waals surface area contributed by atoms with Crippen LogP contribution in [0.25, 0.3) is 0 Å². The largest absolute Gasteiger partial charge is 0.316 e. The molecule has 0 saturated carbocycles. The molecule has 0 aromatic carbocycles. The Morgan fingerprint density at radius 3 is 2.48 bits per heavy atom. The number of nitrogens with one attached hydrogen (secondary N) is 2. The number of sulfonamides is 1. The van der Waals surface area contributed by atoms with Crippen LogP contribution in [-0.2, 0) is 26.4 Å². The number of nitrogens with zero attached hydrogens (tertiary/aromatic N) is 1. The van der Waals surface area contributed by atoms with E-state index in [0.717, 1.165) is 5.56 Å². The fourth-order valence-electron chi connectivity index (χ4n) is 2.17. The number of aromatic nitrogens is 1. The molecule has 0 atom stereocenters. The van der Waals surface area contributed by atoms with Crippen LogP contribution in [0.1, 0.15) is 18.4 Å². The van der Waals surface area contributed by atoms with Gasteiger partial charge in [-0.3, -0.25) is 0 Å². The van der Waals surface area contributed by atoms with Gasteiger partial charge in [-0.15, -0.1) is 0 Å². The highest BCUT2D eigenvalue weighted by molar-refractivity contribution is 7.91. The van der Waals surface area contributed by atoms with E-state index in [1.165, 1.54) is 12.3 Å². The van der Waals surface area contributed by atoms with Gasteiger partial charge in [0.25, 0.3) is 10.0 Å². The monoisotopic (exact) mass is 333 g/mol. The Bertz CT molecular complexity index is 670. The molecule has 118 valence electrons. The Morgan fingerprint density at radius 2 is 1.95 bits per heavy atom. The smallest absolute Gasteiger partial charge is 0.258 e. The average Bonchev–Trinajstić information content (AvgIpc) is 2.42. The summed E-state index contributed by atoms with van der Waals surface area (Å²) < 4.78 is 49.6. The fraction of sp³-hybridized carbons (Fsp3) is 0.583. The predicted octanol–water partition coefficient (Wildman–Crippen LogP) is -0.343. The van der Waals surface area contributed by atoms with Crippen LogP contribution in [0.2, 0.25) is 0 Å². The summed E-state index contributed by atoms with van der Waals surface area (Å²) in [5.41, 5.74) is 0.889. The SMILES string of the molecule is CNCc1ccc(S(=O)(=O)NC2CCS(=O)(=O)CC2)nc1. The molecule has 0 amide bonds. The molecule has 7 nitrogen and oxygen atoms in total. The van der Waals surface area contributed by atoms with Gasteiger partial charge in [0.15, 0.2) is 5.03 Å². The van der Waals surface area contributed by atoms with Crippen LogP contribution in [-0.4, -0.2) is 46.4 Å². The molecule has 0 radical (unpaired) electrons. The number of hydrogen-bond acceptors (Lipinski definition) is 6. The van der Waals surface area contributed by atoms with Crippen molar-refractivity contribution in [1.82, 2.24) is 15.0 Å². The minimum Gasteiger partial charge on any atom is -0.316 e. The second-order valence-corrected chi connectivity index (χ2v) is 9.05. The van der Waals surface area contributed by atoms with E-state index in [9.17, 15) is 16.8 Å². The maximum absolute atomic E-state index is 12.2. The van der Waals surface area contributed by atoms with Gasteiger partial charge in [-0.1, -0.05) is 6.07 Å². The Balaban J connectivity index is 2.05. The Kier molecular flexibility index (Phi) is 4.97. The van der Waals surface area contributed by atoms with Gasteiger partial charge in [0.05, 0.1) is 11.5 Å². The van der Waals surface area contributed by atoms with Crippen LogP contribution in [0.5, 0.6) is 0 Å². The molecule has 1 aromatic rings. The van der Waals surface area contributed by atoms with Gasteiger partial charge < -0.3 is 5.32 Å². The minimum absolute atomic E-state index is 0.0225. The van der Waals surface area contributed by atoms with E-state index in [0.29, 0.717) is 19.4 Å². The zero-order chi connectivity index (χ0) is 15.5. The van der Waals surface area contributed by atoms with Crippen molar-refractivity contribution in [3.05, 3.63) is 23.9 Å². The molecule has 0 spiro atoms. The van der Waals surface area contributed by atoms with Gasteiger partial charge in [0.1, 0.15) is 9.84 Å². The highest BCUT2D eigenvalue weighted by Gasteiger charge is 2.28. The van der Waals surface area contributed by atoms with Gasteiger partial charge in [0.2, 0.25) is 0 Å². The molecule has 0 aliphatic carbocycles. The zero-order valence-corrected chi connectivity index (χ0v) is 13.4. The maximum atomic E-state index is 12.2. The molecule has 0 unspecified atom stereocenters. The van der Waals surface area contributed by atoms with E-state index in [1.807, 2.05) is 0 Å². The van der Waals surface area contributed by atoms with Gasteiger partial charge >= 0.3 is 0 Å². The molecule has 2 heterocycles. The van der Waals surface area contributed by atoms with E-state index in [1.54, 1.807) is 13.1 Å². The molecule has 1 saturated heterocycles. The zero-order valence-electron chi connectivity index (χ0n) is 11.7. The van der Waals surface area contributed by atoms with E-state index in [4.69, 9.17) is 0 Å². The molecule has 1 fully saturated rings. The van der Waals surface area contributed by atoms with E-state index < -0.39 is 19.9 Å². The van der Waals surface area contributed by atoms with E-state index >= 15 is 0 Å². The summed E-state index contributed by atoms with van der Waals surface area (Å²) in [5.74, 6) is 0.0451. The van der Waals surface area contributed by atoms with Gasteiger partial charge in [-0.2, -0.15) is 0 Å².